The standard InChI is InChI=1S/C33H33OS/c1-2-8-25(9-3-1)24-34-30-16-20-31(21-17-30)35(32-18-14-26-10-4-6-12-28(26)22-32)33-19-15-27-11-5-7-13-29(27)23-33/h4-7,10-16,18-20,22-23,25H,1-3,8-9,17,21,24H2/q+1. The first-order chi connectivity index (χ1) is 17.3. The minimum atomic E-state index is -0.112. The van der Waals surface area contributed by atoms with E-state index in [0.717, 1.165) is 25.4 Å². The van der Waals surface area contributed by atoms with Crippen molar-refractivity contribution in [3.05, 3.63) is 108 Å². The van der Waals surface area contributed by atoms with Gasteiger partial charge in [-0.05, 0) is 76.7 Å². The second-order valence-corrected chi connectivity index (χ2v) is 12.0. The van der Waals surface area contributed by atoms with Gasteiger partial charge >= 0.3 is 0 Å². The van der Waals surface area contributed by atoms with Crippen LogP contribution in [-0.2, 0) is 15.6 Å². The predicted molar refractivity (Wildman–Crippen MR) is 150 cm³/mol. The fourth-order valence-corrected chi connectivity index (χ4v) is 7.78. The van der Waals surface area contributed by atoms with Crippen LogP contribution < -0.4 is 0 Å². The van der Waals surface area contributed by atoms with Gasteiger partial charge in [-0.25, -0.2) is 0 Å². The van der Waals surface area contributed by atoms with Crippen LogP contribution in [0.1, 0.15) is 44.9 Å². The minimum Gasteiger partial charge on any atom is -0.498 e. The second kappa shape index (κ2) is 10.3. The molecule has 0 heterocycles. The van der Waals surface area contributed by atoms with Crippen molar-refractivity contribution in [1.29, 1.82) is 0 Å². The lowest BCUT2D eigenvalue weighted by atomic mass is 9.90. The molecule has 0 aromatic heterocycles. The Hall–Kier alpha value is -2.97. The van der Waals surface area contributed by atoms with Gasteiger partial charge in [0, 0.05) is 25.0 Å². The Labute approximate surface area is 211 Å². The van der Waals surface area contributed by atoms with E-state index in [1.54, 1.807) is 0 Å². The van der Waals surface area contributed by atoms with Crippen molar-refractivity contribution in [2.24, 2.45) is 5.92 Å². The van der Waals surface area contributed by atoms with E-state index >= 15 is 0 Å². The average molecular weight is 478 g/mol. The van der Waals surface area contributed by atoms with Crippen LogP contribution in [0, 0.1) is 5.92 Å². The third kappa shape index (κ3) is 5.04. The average Bonchev–Trinajstić information content (AvgIpc) is 2.93. The molecule has 0 amide bonds. The van der Waals surface area contributed by atoms with Crippen molar-refractivity contribution in [2.75, 3.05) is 6.61 Å². The SMILES string of the molecule is C1=C(OCC2CCCCC2)CCC([S+](c2ccc3ccccc3c2)c2ccc3ccccc3c2)=C1. The Morgan fingerprint density at radius 1 is 0.629 bits per heavy atom. The van der Waals surface area contributed by atoms with E-state index < -0.39 is 0 Å². The molecule has 4 aromatic carbocycles. The molecule has 0 unspecified atom stereocenters. The first kappa shape index (κ1) is 22.5. The normalized spacial score (nSPS) is 16.9. The van der Waals surface area contributed by atoms with Crippen LogP contribution in [0.5, 0.6) is 0 Å². The molecule has 0 saturated heterocycles. The highest BCUT2D eigenvalue weighted by Gasteiger charge is 2.32. The number of rotatable bonds is 6. The number of allylic oxidation sites excluding steroid dienone is 4. The lowest BCUT2D eigenvalue weighted by Gasteiger charge is -2.23. The summed E-state index contributed by atoms with van der Waals surface area (Å²) >= 11 is 0. The zero-order valence-corrected chi connectivity index (χ0v) is 21.1. The number of hydrogen-bond acceptors (Lipinski definition) is 1. The Bertz CT molecular complexity index is 1310. The van der Waals surface area contributed by atoms with E-state index in [4.69, 9.17) is 4.74 Å². The van der Waals surface area contributed by atoms with Gasteiger partial charge in [-0.15, -0.1) is 0 Å². The Morgan fingerprint density at radius 3 is 1.80 bits per heavy atom. The first-order valence-electron chi connectivity index (χ1n) is 13.1. The molecular formula is C33H33OS+. The maximum atomic E-state index is 6.30. The zero-order chi connectivity index (χ0) is 23.5. The quantitative estimate of drug-likeness (QED) is 0.252. The monoisotopic (exact) mass is 477 g/mol. The summed E-state index contributed by atoms with van der Waals surface area (Å²) in [5.74, 6) is 1.92. The Balaban J connectivity index is 1.33. The summed E-state index contributed by atoms with van der Waals surface area (Å²) in [7, 11) is -0.112. The van der Waals surface area contributed by atoms with Crippen LogP contribution >= 0.6 is 0 Å². The van der Waals surface area contributed by atoms with E-state index in [-0.39, 0.29) is 10.9 Å². The van der Waals surface area contributed by atoms with Crippen molar-refractivity contribution < 1.29 is 4.74 Å². The number of hydrogen-bond donors (Lipinski definition) is 0. The zero-order valence-electron chi connectivity index (χ0n) is 20.3. The van der Waals surface area contributed by atoms with Gasteiger partial charge in [-0.1, -0.05) is 67.8 Å². The number of ether oxygens (including phenoxy) is 1. The second-order valence-electron chi connectivity index (χ2n) is 9.91. The molecule has 0 spiro atoms. The summed E-state index contributed by atoms with van der Waals surface area (Å²) in [5, 5.41) is 5.22. The molecule has 2 aliphatic carbocycles. The largest absolute Gasteiger partial charge is 0.498 e. The Kier molecular flexibility index (Phi) is 6.64. The van der Waals surface area contributed by atoms with Crippen molar-refractivity contribution >= 4 is 32.4 Å². The van der Waals surface area contributed by atoms with Gasteiger partial charge in [0.25, 0.3) is 0 Å². The molecule has 176 valence electrons. The number of benzene rings is 4. The highest BCUT2D eigenvalue weighted by Crippen LogP contribution is 2.38. The van der Waals surface area contributed by atoms with Crippen LogP contribution in [-0.4, -0.2) is 6.61 Å². The molecule has 0 bridgehead atoms. The van der Waals surface area contributed by atoms with Crippen LogP contribution in [0.3, 0.4) is 0 Å². The summed E-state index contributed by atoms with van der Waals surface area (Å²) in [5.41, 5.74) is 0. The summed E-state index contributed by atoms with van der Waals surface area (Å²) in [6.45, 7) is 0.899. The highest BCUT2D eigenvalue weighted by atomic mass is 32.2. The molecule has 0 N–H and O–H groups in total. The van der Waals surface area contributed by atoms with Crippen LogP contribution in [0.4, 0.5) is 0 Å². The van der Waals surface area contributed by atoms with Crippen molar-refractivity contribution in [3.63, 3.8) is 0 Å². The van der Waals surface area contributed by atoms with Gasteiger partial charge < -0.3 is 4.74 Å². The van der Waals surface area contributed by atoms with E-state index in [1.807, 2.05) is 0 Å². The summed E-state index contributed by atoms with van der Waals surface area (Å²) in [6.07, 6.45) is 13.5. The highest BCUT2D eigenvalue weighted by molar-refractivity contribution is 8.00. The molecule has 1 saturated carbocycles. The lowest BCUT2D eigenvalue weighted by Crippen LogP contribution is -2.14. The van der Waals surface area contributed by atoms with E-state index in [1.165, 1.54) is 74.1 Å². The fraction of sp³-hybridized carbons (Fsp3) is 0.273. The van der Waals surface area contributed by atoms with Crippen molar-refractivity contribution in [1.82, 2.24) is 0 Å². The maximum Gasteiger partial charge on any atom is 0.166 e. The van der Waals surface area contributed by atoms with Gasteiger partial charge in [-0.2, -0.15) is 0 Å². The van der Waals surface area contributed by atoms with Crippen molar-refractivity contribution in [2.45, 2.75) is 54.7 Å². The van der Waals surface area contributed by atoms with Crippen molar-refractivity contribution in [3.8, 4) is 0 Å². The van der Waals surface area contributed by atoms with Gasteiger partial charge in [0.1, 0.15) is 4.91 Å². The lowest BCUT2D eigenvalue weighted by molar-refractivity contribution is 0.135. The summed E-state index contributed by atoms with van der Waals surface area (Å²) in [4.78, 5) is 4.29. The molecule has 0 atom stereocenters. The van der Waals surface area contributed by atoms with Crippen LogP contribution in [0.15, 0.2) is 118 Å². The molecule has 35 heavy (non-hydrogen) atoms. The van der Waals surface area contributed by atoms with Crippen LogP contribution in [0.25, 0.3) is 21.5 Å². The van der Waals surface area contributed by atoms with Gasteiger partial charge in [-0.3, -0.25) is 0 Å². The van der Waals surface area contributed by atoms with Gasteiger partial charge in [0.2, 0.25) is 0 Å². The van der Waals surface area contributed by atoms with E-state index in [2.05, 4.69) is 97.1 Å². The molecule has 2 heteroatoms. The van der Waals surface area contributed by atoms with Crippen LogP contribution in [0.2, 0.25) is 0 Å². The molecule has 1 nitrogen and oxygen atoms in total. The molecule has 1 fully saturated rings. The topological polar surface area (TPSA) is 9.23 Å². The minimum absolute atomic E-state index is 0.112. The molecule has 2 aliphatic rings. The van der Waals surface area contributed by atoms with E-state index in [9.17, 15) is 0 Å². The first-order valence-corrected chi connectivity index (χ1v) is 14.3. The molecular weight excluding hydrogens is 444 g/mol. The van der Waals surface area contributed by atoms with Gasteiger partial charge in [0.05, 0.1) is 23.3 Å². The summed E-state index contributed by atoms with van der Waals surface area (Å²) < 4.78 is 6.30. The molecule has 6 rings (SSSR count). The molecule has 4 aromatic rings. The predicted octanol–water partition coefficient (Wildman–Crippen LogP) is 9.19. The van der Waals surface area contributed by atoms with E-state index in [0.29, 0.717) is 0 Å². The summed E-state index contributed by atoms with van der Waals surface area (Å²) in [6, 6.07) is 31.4. The van der Waals surface area contributed by atoms with Gasteiger partial charge in [0.15, 0.2) is 9.79 Å². The number of fused-ring (bicyclic) bond motifs is 2. The Morgan fingerprint density at radius 2 is 1.23 bits per heavy atom. The molecule has 0 aliphatic heterocycles. The molecule has 0 radical (unpaired) electrons. The third-order valence-corrected chi connectivity index (χ3v) is 9.79. The smallest absolute Gasteiger partial charge is 0.166 e. The maximum absolute atomic E-state index is 6.30. The third-order valence-electron chi connectivity index (χ3n) is 7.48. The fourth-order valence-electron chi connectivity index (χ4n) is 5.50.